The summed E-state index contributed by atoms with van der Waals surface area (Å²) in [6, 6.07) is 0.424. The summed E-state index contributed by atoms with van der Waals surface area (Å²) in [6.45, 7) is 3.76. The minimum atomic E-state index is 0. The molecule has 4 heteroatoms. The smallest absolute Gasteiger partial charge is 0.225 e. The zero-order valence-corrected chi connectivity index (χ0v) is 11.5. The molecule has 1 heterocycles. The molecule has 100 valence electrons. The van der Waals surface area contributed by atoms with Crippen molar-refractivity contribution in [1.82, 2.24) is 4.90 Å². The van der Waals surface area contributed by atoms with Gasteiger partial charge in [-0.3, -0.25) is 4.79 Å². The first-order chi connectivity index (χ1) is 7.74. The molecule has 0 spiro atoms. The quantitative estimate of drug-likeness (QED) is 0.842. The molecule has 0 radical (unpaired) electrons. The topological polar surface area (TPSA) is 46.3 Å². The molecule has 2 unspecified atom stereocenters. The molecule has 1 saturated carbocycles. The van der Waals surface area contributed by atoms with Gasteiger partial charge in [-0.05, 0) is 51.0 Å². The SMILES string of the molecule is CC(C(=O)N1CCCCC1CCN)C1CC1.Cl. The van der Waals surface area contributed by atoms with Gasteiger partial charge in [-0.25, -0.2) is 0 Å². The summed E-state index contributed by atoms with van der Waals surface area (Å²) >= 11 is 0. The lowest BCUT2D eigenvalue weighted by molar-refractivity contribution is -0.139. The van der Waals surface area contributed by atoms with Crippen LogP contribution in [0.15, 0.2) is 0 Å². The summed E-state index contributed by atoms with van der Waals surface area (Å²) in [6.07, 6.45) is 7.06. The third-order valence-electron chi connectivity index (χ3n) is 4.13. The Bertz CT molecular complexity index is 254. The van der Waals surface area contributed by atoms with E-state index in [0.29, 0.717) is 24.4 Å². The van der Waals surface area contributed by atoms with Crippen molar-refractivity contribution in [3.63, 3.8) is 0 Å². The molecule has 0 aromatic rings. The van der Waals surface area contributed by atoms with Crippen LogP contribution in [0.5, 0.6) is 0 Å². The van der Waals surface area contributed by atoms with Crippen LogP contribution in [0.1, 0.15) is 45.4 Å². The number of nitrogens with two attached hydrogens (primary N) is 1. The van der Waals surface area contributed by atoms with Crippen LogP contribution in [0.4, 0.5) is 0 Å². The summed E-state index contributed by atoms with van der Waals surface area (Å²) < 4.78 is 0. The van der Waals surface area contributed by atoms with Crippen molar-refractivity contribution < 1.29 is 4.79 Å². The number of amides is 1. The van der Waals surface area contributed by atoms with Crippen molar-refractivity contribution in [3.8, 4) is 0 Å². The molecule has 2 N–H and O–H groups in total. The lowest BCUT2D eigenvalue weighted by Gasteiger charge is -2.37. The molecule has 1 saturated heterocycles. The Morgan fingerprint density at radius 3 is 2.65 bits per heavy atom. The predicted molar refractivity (Wildman–Crippen MR) is 72.2 cm³/mol. The number of halogens is 1. The maximum Gasteiger partial charge on any atom is 0.225 e. The number of hydrogen-bond donors (Lipinski definition) is 1. The standard InChI is InChI=1S/C13H24N2O.ClH/c1-10(11-5-6-11)13(16)15-9-3-2-4-12(15)7-8-14;/h10-12H,2-9,14H2,1H3;1H. The molecule has 1 amide bonds. The number of piperidine rings is 1. The zero-order chi connectivity index (χ0) is 11.5. The van der Waals surface area contributed by atoms with Crippen LogP contribution < -0.4 is 5.73 Å². The largest absolute Gasteiger partial charge is 0.339 e. The van der Waals surface area contributed by atoms with Gasteiger partial charge in [-0.2, -0.15) is 0 Å². The van der Waals surface area contributed by atoms with Gasteiger partial charge in [0, 0.05) is 18.5 Å². The van der Waals surface area contributed by atoms with E-state index in [9.17, 15) is 4.79 Å². The molecular weight excluding hydrogens is 236 g/mol. The molecule has 17 heavy (non-hydrogen) atoms. The van der Waals surface area contributed by atoms with E-state index in [2.05, 4.69) is 11.8 Å². The number of carbonyl (C=O) groups is 1. The van der Waals surface area contributed by atoms with Crippen LogP contribution in [0.25, 0.3) is 0 Å². The van der Waals surface area contributed by atoms with Crippen LogP contribution in [0.2, 0.25) is 0 Å². The van der Waals surface area contributed by atoms with Gasteiger partial charge in [0.15, 0.2) is 0 Å². The number of hydrogen-bond acceptors (Lipinski definition) is 2. The number of nitrogens with zero attached hydrogens (tertiary/aromatic N) is 1. The monoisotopic (exact) mass is 260 g/mol. The first kappa shape index (κ1) is 14.8. The van der Waals surface area contributed by atoms with Gasteiger partial charge in [0.25, 0.3) is 0 Å². The van der Waals surface area contributed by atoms with E-state index in [4.69, 9.17) is 5.73 Å². The third-order valence-corrected chi connectivity index (χ3v) is 4.13. The highest BCUT2D eigenvalue weighted by molar-refractivity contribution is 5.85. The number of likely N-dealkylation sites (tertiary alicyclic amines) is 1. The van der Waals surface area contributed by atoms with Gasteiger partial charge in [0.2, 0.25) is 5.91 Å². The maximum atomic E-state index is 12.3. The Labute approximate surface area is 111 Å². The molecule has 1 aliphatic carbocycles. The summed E-state index contributed by atoms with van der Waals surface area (Å²) in [4.78, 5) is 14.5. The van der Waals surface area contributed by atoms with E-state index in [1.165, 1.54) is 25.7 Å². The van der Waals surface area contributed by atoms with Gasteiger partial charge in [0.05, 0.1) is 0 Å². The summed E-state index contributed by atoms with van der Waals surface area (Å²) in [7, 11) is 0. The average molecular weight is 261 g/mol. The van der Waals surface area contributed by atoms with Gasteiger partial charge < -0.3 is 10.6 Å². The zero-order valence-electron chi connectivity index (χ0n) is 10.7. The summed E-state index contributed by atoms with van der Waals surface area (Å²) in [5.74, 6) is 1.31. The van der Waals surface area contributed by atoms with Crippen LogP contribution in [-0.2, 0) is 4.79 Å². The Balaban J connectivity index is 0.00000144. The van der Waals surface area contributed by atoms with E-state index >= 15 is 0 Å². The van der Waals surface area contributed by atoms with E-state index in [0.717, 1.165) is 19.4 Å². The van der Waals surface area contributed by atoms with Crippen LogP contribution in [0, 0.1) is 11.8 Å². The first-order valence-corrected chi connectivity index (χ1v) is 6.74. The number of rotatable bonds is 4. The highest BCUT2D eigenvalue weighted by Gasteiger charge is 2.37. The van der Waals surface area contributed by atoms with Crippen molar-refractivity contribution in [3.05, 3.63) is 0 Å². The van der Waals surface area contributed by atoms with Crippen molar-refractivity contribution in [2.45, 2.75) is 51.5 Å². The summed E-state index contributed by atoms with van der Waals surface area (Å²) in [5, 5.41) is 0. The first-order valence-electron chi connectivity index (χ1n) is 6.74. The Morgan fingerprint density at radius 2 is 2.06 bits per heavy atom. The minimum absolute atomic E-state index is 0. The normalized spacial score (nSPS) is 26.2. The molecule has 2 aliphatic rings. The molecule has 2 atom stereocenters. The molecule has 2 rings (SSSR count). The van der Waals surface area contributed by atoms with Crippen LogP contribution in [0.3, 0.4) is 0 Å². The second kappa shape index (κ2) is 6.60. The molecule has 3 nitrogen and oxygen atoms in total. The predicted octanol–water partition coefficient (Wildman–Crippen LogP) is 2.18. The highest BCUT2D eigenvalue weighted by atomic mass is 35.5. The Kier molecular flexibility index (Phi) is 5.74. The van der Waals surface area contributed by atoms with E-state index in [1.807, 2.05) is 0 Å². The summed E-state index contributed by atoms with van der Waals surface area (Å²) in [5.41, 5.74) is 5.63. The lowest BCUT2D eigenvalue weighted by atomic mass is 9.96. The fraction of sp³-hybridized carbons (Fsp3) is 0.923. The Hall–Kier alpha value is -0.280. The van der Waals surface area contributed by atoms with Gasteiger partial charge >= 0.3 is 0 Å². The van der Waals surface area contributed by atoms with Gasteiger partial charge in [-0.1, -0.05) is 6.92 Å². The fourth-order valence-corrected chi connectivity index (χ4v) is 2.84. The third kappa shape index (κ3) is 3.59. The van der Waals surface area contributed by atoms with Crippen molar-refractivity contribution >= 4 is 18.3 Å². The molecule has 2 fully saturated rings. The second-order valence-corrected chi connectivity index (χ2v) is 5.38. The maximum absolute atomic E-state index is 12.3. The van der Waals surface area contributed by atoms with E-state index in [1.54, 1.807) is 0 Å². The van der Waals surface area contributed by atoms with E-state index < -0.39 is 0 Å². The average Bonchev–Trinajstić information content (AvgIpc) is 3.12. The fourth-order valence-electron chi connectivity index (χ4n) is 2.84. The Morgan fingerprint density at radius 1 is 1.35 bits per heavy atom. The van der Waals surface area contributed by atoms with Crippen molar-refractivity contribution in [1.29, 1.82) is 0 Å². The van der Waals surface area contributed by atoms with Crippen molar-refractivity contribution in [2.24, 2.45) is 17.6 Å². The van der Waals surface area contributed by atoms with Crippen LogP contribution >= 0.6 is 12.4 Å². The minimum Gasteiger partial charge on any atom is -0.339 e. The molecule has 0 aromatic heterocycles. The van der Waals surface area contributed by atoms with Crippen molar-refractivity contribution in [2.75, 3.05) is 13.1 Å². The van der Waals surface area contributed by atoms with Crippen LogP contribution in [-0.4, -0.2) is 29.9 Å². The molecule has 1 aliphatic heterocycles. The molecule has 0 bridgehead atoms. The molecular formula is C13H25ClN2O. The van der Waals surface area contributed by atoms with E-state index in [-0.39, 0.29) is 18.3 Å². The van der Waals surface area contributed by atoms with Gasteiger partial charge in [-0.15, -0.1) is 12.4 Å². The highest BCUT2D eigenvalue weighted by Crippen LogP contribution is 2.38. The lowest BCUT2D eigenvalue weighted by Crippen LogP contribution is -2.47. The number of carbonyl (C=O) groups excluding carboxylic acids is 1. The second-order valence-electron chi connectivity index (χ2n) is 5.38. The molecule has 0 aromatic carbocycles. The van der Waals surface area contributed by atoms with Gasteiger partial charge in [0.1, 0.15) is 0 Å².